The van der Waals surface area contributed by atoms with E-state index in [1.807, 2.05) is 13.8 Å². The summed E-state index contributed by atoms with van der Waals surface area (Å²) in [5, 5.41) is 7.80. The fourth-order valence-electron chi connectivity index (χ4n) is 2.84. The Morgan fingerprint density at radius 1 is 1.40 bits per heavy atom. The van der Waals surface area contributed by atoms with Crippen LogP contribution in [-0.2, 0) is 9.63 Å². The molecule has 1 aromatic rings. The highest BCUT2D eigenvalue weighted by molar-refractivity contribution is 8.16. The van der Waals surface area contributed by atoms with Gasteiger partial charge in [0.05, 0.1) is 19.2 Å². The zero-order valence-corrected chi connectivity index (χ0v) is 19.1. The molecule has 0 bridgehead atoms. The minimum atomic E-state index is -0.939. The molecule has 0 fully saturated rings. The number of methoxy groups -OCH3 is 1. The van der Waals surface area contributed by atoms with Gasteiger partial charge in [0.1, 0.15) is 34.4 Å². The van der Waals surface area contributed by atoms with Crippen LogP contribution in [0.4, 0.5) is 0 Å². The van der Waals surface area contributed by atoms with Gasteiger partial charge >= 0.3 is 5.63 Å². The number of hydrogen-bond acceptors (Lipinski definition) is 8. The average Bonchev–Trinajstić information content (AvgIpc) is 3.14. The molecule has 0 saturated heterocycles. The number of unbranched alkanes of at least 4 members (excludes halogenated alkanes) is 1. The molecule has 8 nitrogen and oxygen atoms in total. The van der Waals surface area contributed by atoms with E-state index < -0.39 is 17.2 Å². The van der Waals surface area contributed by atoms with Crippen molar-refractivity contribution in [1.29, 1.82) is 0 Å². The quantitative estimate of drug-likeness (QED) is 0.322. The maximum Gasteiger partial charge on any atom is 0.339 e. The lowest BCUT2D eigenvalue weighted by molar-refractivity contribution is -0.125. The fourth-order valence-corrected chi connectivity index (χ4v) is 3.97. The zero-order valence-electron chi connectivity index (χ0n) is 18.3. The number of oxime groups is 1. The molecule has 2 atom stereocenters. The van der Waals surface area contributed by atoms with Crippen LogP contribution in [0.15, 0.2) is 31.5 Å². The molecule has 1 amide bonds. The summed E-state index contributed by atoms with van der Waals surface area (Å²) in [7, 11) is 1.48. The molecule has 2 heterocycles. The molecular weight excluding hydrogens is 406 g/mol. The van der Waals surface area contributed by atoms with Crippen molar-refractivity contribution >= 4 is 28.4 Å². The van der Waals surface area contributed by atoms with Crippen molar-refractivity contribution in [1.82, 2.24) is 5.32 Å². The number of amides is 1. The molecule has 0 unspecified atom stereocenters. The fraction of sp³-hybridized carbons (Fsp3) is 0.619. The van der Waals surface area contributed by atoms with E-state index in [9.17, 15) is 9.59 Å². The van der Waals surface area contributed by atoms with Crippen molar-refractivity contribution in [2.24, 2.45) is 10.1 Å². The van der Waals surface area contributed by atoms with Crippen molar-refractivity contribution in [3.63, 3.8) is 0 Å². The number of nitrogens with zero attached hydrogens (tertiary/aromatic N) is 2. The summed E-state index contributed by atoms with van der Waals surface area (Å²) in [4.78, 5) is 34.8. The number of aliphatic imine (C=N–C) groups is 1. The highest BCUT2D eigenvalue weighted by atomic mass is 32.2. The minimum absolute atomic E-state index is 0.228. The van der Waals surface area contributed by atoms with Crippen LogP contribution in [0.3, 0.4) is 0 Å². The van der Waals surface area contributed by atoms with Crippen molar-refractivity contribution in [3.05, 3.63) is 28.3 Å². The Morgan fingerprint density at radius 3 is 2.83 bits per heavy atom. The molecule has 0 radical (unpaired) electrons. The average molecular weight is 438 g/mol. The van der Waals surface area contributed by atoms with Crippen LogP contribution in [0.5, 0.6) is 5.75 Å². The Bertz CT molecular complexity index is 851. The summed E-state index contributed by atoms with van der Waals surface area (Å²) >= 11 is 1.48. The van der Waals surface area contributed by atoms with Crippen molar-refractivity contribution in [2.75, 3.05) is 19.5 Å². The van der Waals surface area contributed by atoms with Crippen LogP contribution in [0.25, 0.3) is 0 Å². The van der Waals surface area contributed by atoms with Gasteiger partial charge in [0.15, 0.2) is 0 Å². The van der Waals surface area contributed by atoms with E-state index in [4.69, 9.17) is 14.0 Å². The van der Waals surface area contributed by atoms with E-state index in [-0.39, 0.29) is 5.91 Å². The molecule has 30 heavy (non-hydrogen) atoms. The first-order valence-electron chi connectivity index (χ1n) is 10.2. The number of nitrogens with one attached hydrogen (secondary N) is 1. The third-order valence-electron chi connectivity index (χ3n) is 4.65. The molecule has 166 valence electrons. The van der Waals surface area contributed by atoms with Crippen molar-refractivity contribution in [2.45, 2.75) is 65.0 Å². The molecule has 9 heteroatoms. The van der Waals surface area contributed by atoms with Crippen LogP contribution >= 0.6 is 11.8 Å². The van der Waals surface area contributed by atoms with Crippen LogP contribution in [0, 0.1) is 0 Å². The van der Waals surface area contributed by atoms with Gasteiger partial charge in [0, 0.05) is 11.8 Å². The van der Waals surface area contributed by atoms with E-state index in [1.165, 1.54) is 24.9 Å². The molecular formula is C21H31N3O5S. The van der Waals surface area contributed by atoms with Crippen LogP contribution in [-0.4, -0.2) is 41.7 Å². The lowest BCUT2D eigenvalue weighted by Crippen LogP contribution is -2.45. The highest BCUT2D eigenvalue weighted by Crippen LogP contribution is 2.30. The van der Waals surface area contributed by atoms with Gasteiger partial charge in [0.2, 0.25) is 5.91 Å². The van der Waals surface area contributed by atoms with Gasteiger partial charge < -0.3 is 19.3 Å². The van der Waals surface area contributed by atoms with Gasteiger partial charge in [-0.1, -0.05) is 31.8 Å². The van der Waals surface area contributed by atoms with E-state index in [0.29, 0.717) is 41.0 Å². The Balaban J connectivity index is 2.14. The topological polar surface area (TPSA) is 102 Å². The molecule has 0 aromatic carbocycles. The largest absolute Gasteiger partial charge is 0.496 e. The monoisotopic (exact) mass is 437 g/mol. The normalized spacial score (nSPS) is 19.9. The molecule has 0 aliphatic carbocycles. The van der Waals surface area contributed by atoms with Gasteiger partial charge in [-0.3, -0.25) is 9.79 Å². The van der Waals surface area contributed by atoms with Gasteiger partial charge in [-0.25, -0.2) is 4.79 Å². The molecule has 0 spiro atoms. The van der Waals surface area contributed by atoms with Crippen molar-refractivity contribution < 1.29 is 18.8 Å². The maximum absolute atomic E-state index is 13.1. The lowest BCUT2D eigenvalue weighted by Gasteiger charge is -2.24. The Kier molecular flexibility index (Phi) is 8.95. The molecule has 1 aliphatic rings. The number of ether oxygens (including phenoxy) is 1. The van der Waals surface area contributed by atoms with Gasteiger partial charge in [-0.15, -0.1) is 11.8 Å². The molecule has 0 saturated carbocycles. The summed E-state index contributed by atoms with van der Waals surface area (Å²) in [5.74, 6) is 1.04. The van der Waals surface area contributed by atoms with Crippen LogP contribution in [0.2, 0.25) is 0 Å². The SMILES string of the molecule is CCCCO/N=C(\C)C1=N[C@](C)(C(=O)N[C@H](CCC)c2cc(OC)cc(=O)o2)CS1. The predicted molar refractivity (Wildman–Crippen MR) is 120 cm³/mol. The second kappa shape index (κ2) is 11.2. The summed E-state index contributed by atoms with van der Waals surface area (Å²) in [5.41, 5.74) is -0.792. The van der Waals surface area contributed by atoms with Gasteiger partial charge in [0.25, 0.3) is 0 Å². The summed E-state index contributed by atoms with van der Waals surface area (Å²) in [6.45, 7) is 8.26. The predicted octanol–water partition coefficient (Wildman–Crippen LogP) is 3.70. The maximum atomic E-state index is 13.1. The molecule has 1 aromatic heterocycles. The molecule has 2 rings (SSSR count). The number of carbonyl (C=O) groups is 1. The molecule has 1 aliphatic heterocycles. The lowest BCUT2D eigenvalue weighted by atomic mass is 10.0. The van der Waals surface area contributed by atoms with Gasteiger partial charge in [-0.05, 0) is 26.7 Å². The minimum Gasteiger partial charge on any atom is -0.496 e. The number of hydrogen-bond donors (Lipinski definition) is 1. The first-order valence-corrected chi connectivity index (χ1v) is 11.2. The van der Waals surface area contributed by atoms with E-state index in [2.05, 4.69) is 22.4 Å². The standard InChI is InChI=1S/C21H31N3O5S/c1-6-8-10-28-24-14(3)19-23-21(4,13-30-19)20(26)22-16(9-7-2)17-11-15(27-5)12-18(25)29-17/h11-12,16H,6-10,13H2,1-5H3,(H,22,26)/b24-14+/t16-,21+/m1/s1. The Morgan fingerprint density at radius 2 is 2.17 bits per heavy atom. The second-order valence-electron chi connectivity index (χ2n) is 7.38. The van der Waals surface area contributed by atoms with Crippen LogP contribution < -0.4 is 15.7 Å². The first-order chi connectivity index (χ1) is 14.3. The summed E-state index contributed by atoms with van der Waals surface area (Å²) < 4.78 is 10.5. The Labute approximate surface area is 181 Å². The van der Waals surface area contributed by atoms with Crippen molar-refractivity contribution in [3.8, 4) is 5.75 Å². The van der Waals surface area contributed by atoms with E-state index in [1.54, 1.807) is 13.0 Å². The second-order valence-corrected chi connectivity index (χ2v) is 8.34. The van der Waals surface area contributed by atoms with Crippen LogP contribution in [0.1, 0.15) is 65.2 Å². The third kappa shape index (κ3) is 6.35. The summed E-state index contributed by atoms with van der Waals surface area (Å²) in [6.07, 6.45) is 3.39. The third-order valence-corrected chi connectivity index (χ3v) is 6.02. The zero-order chi connectivity index (χ0) is 22.1. The molecule has 1 N–H and O–H groups in total. The number of rotatable bonds is 11. The Hall–Kier alpha value is -2.29. The number of carbonyl (C=O) groups excluding carboxylic acids is 1. The smallest absolute Gasteiger partial charge is 0.339 e. The van der Waals surface area contributed by atoms with Gasteiger partial charge in [-0.2, -0.15) is 0 Å². The first kappa shape index (κ1) is 24.0. The highest BCUT2D eigenvalue weighted by Gasteiger charge is 2.40. The van der Waals surface area contributed by atoms with E-state index >= 15 is 0 Å². The summed E-state index contributed by atoms with van der Waals surface area (Å²) in [6, 6.07) is 2.45. The van der Waals surface area contributed by atoms with E-state index in [0.717, 1.165) is 19.3 Å². The number of thioether (sulfide) groups is 1.